The summed E-state index contributed by atoms with van der Waals surface area (Å²) in [6.45, 7) is 3.36. The van der Waals surface area contributed by atoms with Crippen LogP contribution in [0.2, 0.25) is 0 Å². The van der Waals surface area contributed by atoms with E-state index in [9.17, 15) is 9.59 Å². The standard InChI is InChI=1S/C24H26N2O5/c1-2-29-23(27)4-3-13-26-21(17-31-24(26)28)14-18-9-11-22(12-10-18)30-16-20-7-5-19(15-25)6-8-20/h5-12,21H,2-4,13-14,16-17H2,1H3/t21-/m0/s1. The molecule has 0 radical (unpaired) electrons. The molecule has 1 amide bonds. The highest BCUT2D eigenvalue weighted by Gasteiger charge is 2.32. The molecule has 1 fully saturated rings. The molecule has 31 heavy (non-hydrogen) atoms. The SMILES string of the molecule is CCOC(=O)CCCN1C(=O)OC[C@@H]1Cc1ccc(OCc2ccc(C#N)cc2)cc1. The first-order valence-corrected chi connectivity index (χ1v) is 10.4. The quantitative estimate of drug-likeness (QED) is 0.541. The van der Waals surface area contributed by atoms with Gasteiger partial charge in [-0.25, -0.2) is 4.79 Å². The Labute approximate surface area is 182 Å². The maximum absolute atomic E-state index is 12.0. The van der Waals surface area contributed by atoms with Crippen molar-refractivity contribution in [2.75, 3.05) is 19.8 Å². The van der Waals surface area contributed by atoms with Crippen LogP contribution < -0.4 is 4.74 Å². The van der Waals surface area contributed by atoms with Crippen LogP contribution in [0.1, 0.15) is 36.5 Å². The highest BCUT2D eigenvalue weighted by molar-refractivity contribution is 5.71. The van der Waals surface area contributed by atoms with E-state index >= 15 is 0 Å². The van der Waals surface area contributed by atoms with Gasteiger partial charge in [-0.15, -0.1) is 0 Å². The Kier molecular flexibility index (Phi) is 7.88. The van der Waals surface area contributed by atoms with E-state index in [-0.39, 0.29) is 24.5 Å². The minimum absolute atomic E-state index is 0.0555. The lowest BCUT2D eigenvalue weighted by Gasteiger charge is -2.21. The molecule has 0 aliphatic carbocycles. The molecule has 0 unspecified atom stereocenters. The molecule has 0 aromatic heterocycles. The maximum Gasteiger partial charge on any atom is 0.410 e. The lowest BCUT2D eigenvalue weighted by atomic mass is 10.1. The second kappa shape index (κ2) is 11.0. The fourth-order valence-corrected chi connectivity index (χ4v) is 3.40. The number of carbonyl (C=O) groups excluding carboxylic acids is 2. The Balaban J connectivity index is 1.49. The first kappa shape index (κ1) is 22.2. The number of nitrogens with zero attached hydrogens (tertiary/aromatic N) is 2. The first-order chi connectivity index (χ1) is 15.1. The monoisotopic (exact) mass is 422 g/mol. The molecule has 162 valence electrons. The Morgan fingerprint density at radius 1 is 1.16 bits per heavy atom. The van der Waals surface area contributed by atoms with Gasteiger partial charge in [0.15, 0.2) is 0 Å². The minimum atomic E-state index is -0.337. The average molecular weight is 422 g/mol. The van der Waals surface area contributed by atoms with Crippen molar-refractivity contribution in [3.05, 3.63) is 65.2 Å². The lowest BCUT2D eigenvalue weighted by Crippen LogP contribution is -2.36. The molecule has 0 bridgehead atoms. The third-order valence-electron chi connectivity index (χ3n) is 5.04. The van der Waals surface area contributed by atoms with Crippen LogP contribution in [0.5, 0.6) is 5.75 Å². The van der Waals surface area contributed by atoms with Crippen molar-refractivity contribution < 1.29 is 23.8 Å². The number of esters is 1. The van der Waals surface area contributed by atoms with Crippen molar-refractivity contribution >= 4 is 12.1 Å². The van der Waals surface area contributed by atoms with Crippen LogP contribution in [0, 0.1) is 11.3 Å². The van der Waals surface area contributed by atoms with Gasteiger partial charge in [0.25, 0.3) is 0 Å². The van der Waals surface area contributed by atoms with E-state index in [1.807, 2.05) is 36.4 Å². The Morgan fingerprint density at radius 2 is 1.87 bits per heavy atom. The average Bonchev–Trinajstić information content (AvgIpc) is 3.13. The third kappa shape index (κ3) is 6.48. The second-order valence-corrected chi connectivity index (χ2v) is 7.28. The maximum atomic E-state index is 12.0. The Bertz CT molecular complexity index is 918. The smallest absolute Gasteiger partial charge is 0.410 e. The van der Waals surface area contributed by atoms with Gasteiger partial charge in [0.2, 0.25) is 0 Å². The van der Waals surface area contributed by atoms with Gasteiger partial charge in [0, 0.05) is 13.0 Å². The summed E-state index contributed by atoms with van der Waals surface area (Å²) in [7, 11) is 0. The van der Waals surface area contributed by atoms with Gasteiger partial charge in [0.05, 0.1) is 24.3 Å². The number of amides is 1. The van der Waals surface area contributed by atoms with Gasteiger partial charge >= 0.3 is 12.1 Å². The fraction of sp³-hybridized carbons (Fsp3) is 0.375. The Morgan fingerprint density at radius 3 is 2.55 bits per heavy atom. The molecule has 2 aromatic carbocycles. The van der Waals surface area contributed by atoms with Gasteiger partial charge < -0.3 is 19.1 Å². The largest absolute Gasteiger partial charge is 0.489 e. The molecule has 3 rings (SSSR count). The molecule has 1 atom stereocenters. The molecule has 1 saturated heterocycles. The molecule has 1 aliphatic heterocycles. The van der Waals surface area contributed by atoms with E-state index < -0.39 is 0 Å². The van der Waals surface area contributed by atoms with Gasteiger partial charge in [-0.1, -0.05) is 24.3 Å². The van der Waals surface area contributed by atoms with Crippen molar-refractivity contribution in [1.29, 1.82) is 5.26 Å². The molecule has 0 spiro atoms. The van der Waals surface area contributed by atoms with Crippen molar-refractivity contribution in [2.45, 2.75) is 38.8 Å². The van der Waals surface area contributed by atoms with E-state index in [0.29, 0.717) is 44.8 Å². The van der Waals surface area contributed by atoms with Crippen molar-refractivity contribution in [3.8, 4) is 11.8 Å². The second-order valence-electron chi connectivity index (χ2n) is 7.28. The summed E-state index contributed by atoms with van der Waals surface area (Å²) in [6, 6.07) is 17.1. The summed E-state index contributed by atoms with van der Waals surface area (Å²) in [5.74, 6) is 0.501. The zero-order valence-corrected chi connectivity index (χ0v) is 17.6. The number of carbonyl (C=O) groups is 2. The van der Waals surface area contributed by atoms with Crippen molar-refractivity contribution in [2.24, 2.45) is 0 Å². The topological polar surface area (TPSA) is 88.9 Å². The van der Waals surface area contributed by atoms with E-state index in [2.05, 4.69) is 6.07 Å². The molecule has 2 aromatic rings. The highest BCUT2D eigenvalue weighted by atomic mass is 16.6. The minimum Gasteiger partial charge on any atom is -0.489 e. The number of ether oxygens (including phenoxy) is 3. The molecule has 1 heterocycles. The van der Waals surface area contributed by atoms with Crippen LogP contribution >= 0.6 is 0 Å². The van der Waals surface area contributed by atoms with Gasteiger partial charge in [-0.3, -0.25) is 4.79 Å². The lowest BCUT2D eigenvalue weighted by molar-refractivity contribution is -0.143. The number of rotatable bonds is 10. The van der Waals surface area contributed by atoms with Crippen LogP contribution in [0.25, 0.3) is 0 Å². The van der Waals surface area contributed by atoms with E-state index in [4.69, 9.17) is 19.5 Å². The van der Waals surface area contributed by atoms with Crippen LogP contribution in [0.4, 0.5) is 4.79 Å². The Hall–Kier alpha value is -3.53. The van der Waals surface area contributed by atoms with E-state index in [1.165, 1.54) is 0 Å². The summed E-state index contributed by atoms with van der Waals surface area (Å²) in [5, 5.41) is 8.85. The molecule has 0 saturated carbocycles. The number of benzene rings is 2. The van der Waals surface area contributed by atoms with Gasteiger partial charge in [-0.05, 0) is 55.2 Å². The summed E-state index contributed by atoms with van der Waals surface area (Å²) in [6.07, 6.45) is 1.17. The van der Waals surface area contributed by atoms with Crippen molar-refractivity contribution in [3.63, 3.8) is 0 Å². The van der Waals surface area contributed by atoms with Crippen molar-refractivity contribution in [1.82, 2.24) is 4.90 Å². The van der Waals surface area contributed by atoms with E-state index in [1.54, 1.807) is 24.0 Å². The highest BCUT2D eigenvalue weighted by Crippen LogP contribution is 2.20. The number of hydrogen-bond acceptors (Lipinski definition) is 6. The van der Waals surface area contributed by atoms with Gasteiger partial charge in [0.1, 0.15) is 19.0 Å². The molecule has 0 N–H and O–H groups in total. The summed E-state index contributed by atoms with van der Waals surface area (Å²) < 4.78 is 15.9. The molecular weight excluding hydrogens is 396 g/mol. The molecule has 1 aliphatic rings. The predicted molar refractivity (Wildman–Crippen MR) is 113 cm³/mol. The van der Waals surface area contributed by atoms with Crippen LogP contribution in [0.15, 0.2) is 48.5 Å². The normalized spacial score (nSPS) is 15.3. The van der Waals surface area contributed by atoms with Gasteiger partial charge in [-0.2, -0.15) is 5.26 Å². The predicted octanol–water partition coefficient (Wildman–Crippen LogP) is 3.84. The van der Waals surface area contributed by atoms with E-state index in [0.717, 1.165) is 16.9 Å². The first-order valence-electron chi connectivity index (χ1n) is 10.4. The number of cyclic esters (lactones) is 1. The van der Waals surface area contributed by atoms with Crippen LogP contribution in [0.3, 0.4) is 0 Å². The fourth-order valence-electron chi connectivity index (χ4n) is 3.40. The third-order valence-corrected chi connectivity index (χ3v) is 5.04. The molecular formula is C24H26N2O5. The number of hydrogen-bond donors (Lipinski definition) is 0. The van der Waals surface area contributed by atoms with Crippen LogP contribution in [-0.4, -0.2) is 42.8 Å². The molecule has 7 nitrogen and oxygen atoms in total. The number of nitriles is 1. The zero-order chi connectivity index (χ0) is 22.1. The molecule has 7 heteroatoms. The summed E-state index contributed by atoms with van der Waals surface area (Å²) in [5.41, 5.74) is 2.69. The zero-order valence-electron chi connectivity index (χ0n) is 17.6. The summed E-state index contributed by atoms with van der Waals surface area (Å²) in [4.78, 5) is 25.2. The van der Waals surface area contributed by atoms with Crippen LogP contribution in [-0.2, 0) is 27.3 Å². The summed E-state index contributed by atoms with van der Waals surface area (Å²) >= 11 is 0.